The van der Waals surface area contributed by atoms with Crippen LogP contribution in [0.25, 0.3) is 0 Å². The van der Waals surface area contributed by atoms with Crippen molar-refractivity contribution in [1.29, 1.82) is 0 Å². The predicted molar refractivity (Wildman–Crippen MR) is 57.8 cm³/mol. The van der Waals surface area contributed by atoms with Gasteiger partial charge < -0.3 is 10.5 Å². The quantitative estimate of drug-likeness (QED) is 0.557. The lowest BCUT2D eigenvalue weighted by atomic mass is 10.1. The molecule has 14 heavy (non-hydrogen) atoms. The summed E-state index contributed by atoms with van der Waals surface area (Å²) in [6.45, 7) is 9.81. The lowest BCUT2D eigenvalue weighted by Gasteiger charge is -2.19. The number of ether oxygens (including phenoxy) is 1. The maximum atomic E-state index is 11.5. The van der Waals surface area contributed by atoms with Gasteiger partial charge in [0.1, 0.15) is 5.60 Å². The highest BCUT2D eigenvalue weighted by atomic mass is 16.6. The van der Waals surface area contributed by atoms with Crippen molar-refractivity contribution < 1.29 is 9.53 Å². The minimum Gasteiger partial charge on any atom is -0.457 e. The molecule has 0 amide bonds. The van der Waals surface area contributed by atoms with Gasteiger partial charge >= 0.3 is 5.97 Å². The molecular weight excluding hydrogens is 178 g/mol. The van der Waals surface area contributed by atoms with Crippen molar-refractivity contribution in [2.45, 2.75) is 40.2 Å². The van der Waals surface area contributed by atoms with Gasteiger partial charge in [-0.05, 0) is 40.2 Å². The van der Waals surface area contributed by atoms with Crippen LogP contribution in [0, 0.1) is 5.92 Å². The van der Waals surface area contributed by atoms with Gasteiger partial charge in [-0.3, -0.25) is 0 Å². The van der Waals surface area contributed by atoms with Gasteiger partial charge in [-0.1, -0.05) is 13.0 Å². The lowest BCUT2D eigenvalue weighted by molar-refractivity contribution is -0.149. The Bertz CT molecular complexity index is 226. The summed E-state index contributed by atoms with van der Waals surface area (Å²) in [5.41, 5.74) is 5.64. The van der Waals surface area contributed by atoms with Gasteiger partial charge in [0.25, 0.3) is 0 Å². The Hall–Kier alpha value is -0.830. The third-order valence-corrected chi connectivity index (χ3v) is 1.63. The van der Waals surface area contributed by atoms with E-state index in [1.807, 2.05) is 33.8 Å². The van der Waals surface area contributed by atoms with E-state index >= 15 is 0 Å². The van der Waals surface area contributed by atoms with Crippen LogP contribution < -0.4 is 5.73 Å². The molecular formula is C11H21NO2. The second-order valence-corrected chi connectivity index (χ2v) is 4.56. The molecule has 3 heteroatoms. The molecule has 0 aliphatic heterocycles. The molecule has 0 heterocycles. The van der Waals surface area contributed by atoms with Crippen LogP contribution in [-0.4, -0.2) is 18.1 Å². The summed E-state index contributed by atoms with van der Waals surface area (Å²) in [4.78, 5) is 11.5. The molecule has 0 saturated carbocycles. The van der Waals surface area contributed by atoms with Crippen LogP contribution in [0.5, 0.6) is 0 Å². The Labute approximate surface area is 86.3 Å². The van der Waals surface area contributed by atoms with Crippen molar-refractivity contribution in [2.75, 3.05) is 6.54 Å². The van der Waals surface area contributed by atoms with Crippen LogP contribution in [0.4, 0.5) is 0 Å². The van der Waals surface area contributed by atoms with Gasteiger partial charge in [0, 0.05) is 5.57 Å². The standard InChI is InChI=1S/C11H21NO2/c1-8(7-12)6-9(2)10(13)14-11(3,4)5/h6,8H,7,12H2,1-5H3/b9-6+. The van der Waals surface area contributed by atoms with E-state index in [0.717, 1.165) is 0 Å². The maximum absolute atomic E-state index is 11.5. The first kappa shape index (κ1) is 13.2. The van der Waals surface area contributed by atoms with Gasteiger partial charge in [0.2, 0.25) is 0 Å². The van der Waals surface area contributed by atoms with Gasteiger partial charge in [-0.15, -0.1) is 0 Å². The number of esters is 1. The molecule has 0 aliphatic carbocycles. The molecule has 0 rings (SSSR count). The number of hydrogen-bond acceptors (Lipinski definition) is 3. The van der Waals surface area contributed by atoms with E-state index in [2.05, 4.69) is 0 Å². The van der Waals surface area contributed by atoms with E-state index < -0.39 is 5.60 Å². The fourth-order valence-electron chi connectivity index (χ4n) is 0.921. The molecule has 0 spiro atoms. The average molecular weight is 199 g/mol. The molecule has 0 radical (unpaired) electrons. The summed E-state index contributed by atoms with van der Waals surface area (Å²) < 4.78 is 5.20. The molecule has 1 unspecified atom stereocenters. The highest BCUT2D eigenvalue weighted by Gasteiger charge is 2.17. The van der Waals surface area contributed by atoms with E-state index in [9.17, 15) is 4.79 Å². The Morgan fingerprint density at radius 1 is 1.50 bits per heavy atom. The van der Waals surface area contributed by atoms with E-state index in [0.29, 0.717) is 12.1 Å². The second kappa shape index (κ2) is 5.15. The SMILES string of the molecule is C/C(=C\C(C)CN)C(=O)OC(C)(C)C. The fraction of sp³-hybridized carbons (Fsp3) is 0.727. The summed E-state index contributed by atoms with van der Waals surface area (Å²) in [6, 6.07) is 0. The molecule has 2 N–H and O–H groups in total. The van der Waals surface area contributed by atoms with E-state index in [-0.39, 0.29) is 11.9 Å². The summed E-state index contributed by atoms with van der Waals surface area (Å²) >= 11 is 0. The highest BCUT2D eigenvalue weighted by Crippen LogP contribution is 2.11. The summed E-state index contributed by atoms with van der Waals surface area (Å²) in [5, 5.41) is 0. The maximum Gasteiger partial charge on any atom is 0.333 e. The van der Waals surface area contributed by atoms with Crippen molar-refractivity contribution in [3.05, 3.63) is 11.6 Å². The van der Waals surface area contributed by atoms with Crippen molar-refractivity contribution in [3.63, 3.8) is 0 Å². The Morgan fingerprint density at radius 2 is 2.00 bits per heavy atom. The van der Waals surface area contributed by atoms with Gasteiger partial charge in [0.05, 0.1) is 0 Å². The molecule has 0 bridgehead atoms. The van der Waals surface area contributed by atoms with Gasteiger partial charge in [0.15, 0.2) is 0 Å². The third kappa shape index (κ3) is 5.75. The van der Waals surface area contributed by atoms with Crippen molar-refractivity contribution in [3.8, 4) is 0 Å². The second-order valence-electron chi connectivity index (χ2n) is 4.56. The fourth-order valence-corrected chi connectivity index (χ4v) is 0.921. The zero-order chi connectivity index (χ0) is 11.4. The van der Waals surface area contributed by atoms with Crippen molar-refractivity contribution in [2.24, 2.45) is 11.7 Å². The minimum atomic E-state index is -0.432. The molecule has 1 atom stereocenters. The minimum absolute atomic E-state index is 0.211. The first-order valence-corrected chi connectivity index (χ1v) is 4.88. The third-order valence-electron chi connectivity index (χ3n) is 1.63. The molecule has 0 fully saturated rings. The van der Waals surface area contributed by atoms with Gasteiger partial charge in [-0.2, -0.15) is 0 Å². The number of rotatable bonds is 3. The van der Waals surface area contributed by atoms with E-state index in [1.54, 1.807) is 6.92 Å². The summed E-state index contributed by atoms with van der Waals surface area (Å²) in [6.07, 6.45) is 1.84. The Balaban J connectivity index is 4.33. The first-order chi connectivity index (χ1) is 6.26. The molecule has 0 aromatic heterocycles. The molecule has 0 aliphatic rings. The smallest absolute Gasteiger partial charge is 0.333 e. The molecule has 82 valence electrons. The predicted octanol–water partition coefficient (Wildman–Crippen LogP) is 1.87. The number of hydrogen-bond donors (Lipinski definition) is 1. The van der Waals surface area contributed by atoms with Crippen LogP contribution in [0.15, 0.2) is 11.6 Å². The molecule has 0 aromatic rings. The number of nitrogens with two attached hydrogens (primary N) is 1. The van der Waals surface area contributed by atoms with Gasteiger partial charge in [-0.25, -0.2) is 4.79 Å². The highest BCUT2D eigenvalue weighted by molar-refractivity contribution is 5.88. The van der Waals surface area contributed by atoms with Crippen LogP contribution in [0.3, 0.4) is 0 Å². The van der Waals surface area contributed by atoms with Crippen LogP contribution >= 0.6 is 0 Å². The topological polar surface area (TPSA) is 52.3 Å². The van der Waals surface area contributed by atoms with Crippen molar-refractivity contribution in [1.82, 2.24) is 0 Å². The molecule has 3 nitrogen and oxygen atoms in total. The lowest BCUT2D eigenvalue weighted by Crippen LogP contribution is -2.24. The van der Waals surface area contributed by atoms with Crippen LogP contribution in [-0.2, 0) is 9.53 Å². The monoisotopic (exact) mass is 199 g/mol. The first-order valence-electron chi connectivity index (χ1n) is 4.88. The van der Waals surface area contributed by atoms with Crippen LogP contribution in [0.2, 0.25) is 0 Å². The molecule has 0 aromatic carbocycles. The number of carbonyl (C=O) groups is 1. The largest absolute Gasteiger partial charge is 0.457 e. The summed E-state index contributed by atoms with van der Waals surface area (Å²) in [5.74, 6) is -0.0553. The number of carbonyl (C=O) groups excluding carboxylic acids is 1. The normalized spacial score (nSPS) is 15.1. The average Bonchev–Trinajstić information content (AvgIpc) is 2.00. The Kier molecular flexibility index (Phi) is 4.85. The molecule has 0 saturated heterocycles. The van der Waals surface area contributed by atoms with E-state index in [1.165, 1.54) is 0 Å². The van der Waals surface area contributed by atoms with Crippen LogP contribution in [0.1, 0.15) is 34.6 Å². The summed E-state index contributed by atoms with van der Waals surface area (Å²) in [7, 11) is 0. The van der Waals surface area contributed by atoms with Crippen molar-refractivity contribution >= 4 is 5.97 Å². The zero-order valence-corrected chi connectivity index (χ0v) is 9.76. The zero-order valence-electron chi connectivity index (χ0n) is 9.76. The Morgan fingerprint density at radius 3 is 2.36 bits per heavy atom. The van der Waals surface area contributed by atoms with E-state index in [4.69, 9.17) is 10.5 Å².